The van der Waals surface area contributed by atoms with Crippen molar-refractivity contribution >= 4 is 23.0 Å². The molecule has 0 aliphatic heterocycles. The highest BCUT2D eigenvalue weighted by Gasteiger charge is 2.06. The lowest BCUT2D eigenvalue weighted by molar-refractivity contribution is 0.0954. The van der Waals surface area contributed by atoms with Crippen LogP contribution >= 0.6 is 0 Å². The van der Waals surface area contributed by atoms with Crippen molar-refractivity contribution in [2.45, 2.75) is 0 Å². The number of aromatic nitrogens is 2. The van der Waals surface area contributed by atoms with Gasteiger partial charge in [-0.3, -0.25) is 4.79 Å². The zero-order valence-corrected chi connectivity index (χ0v) is 9.56. The van der Waals surface area contributed by atoms with Crippen molar-refractivity contribution in [2.75, 3.05) is 13.1 Å². The van der Waals surface area contributed by atoms with Crippen molar-refractivity contribution < 1.29 is 9.59 Å². The van der Waals surface area contributed by atoms with E-state index < -0.39 is 6.03 Å². The normalized spacial score (nSPS) is 10.2. The van der Waals surface area contributed by atoms with Gasteiger partial charge < -0.3 is 21.4 Å². The summed E-state index contributed by atoms with van der Waals surface area (Å²) in [4.78, 5) is 29.2. The van der Waals surface area contributed by atoms with Gasteiger partial charge >= 0.3 is 6.03 Å². The highest BCUT2D eigenvalue weighted by Crippen LogP contribution is 2.11. The van der Waals surface area contributed by atoms with Crippen LogP contribution in [-0.4, -0.2) is 35.0 Å². The molecule has 2 aromatic rings. The summed E-state index contributed by atoms with van der Waals surface area (Å²) in [5, 5.41) is 5.05. The molecule has 0 spiro atoms. The Kier molecular flexibility index (Phi) is 3.42. The van der Waals surface area contributed by atoms with Crippen LogP contribution in [0, 0.1) is 0 Å². The van der Waals surface area contributed by atoms with Gasteiger partial charge in [-0.15, -0.1) is 0 Å². The summed E-state index contributed by atoms with van der Waals surface area (Å²) in [6.07, 6.45) is 1.57. The quantitative estimate of drug-likeness (QED) is 0.568. The van der Waals surface area contributed by atoms with Crippen LogP contribution in [0.4, 0.5) is 4.79 Å². The van der Waals surface area contributed by atoms with Gasteiger partial charge in [0, 0.05) is 18.7 Å². The Bertz CT molecular complexity index is 578. The van der Waals surface area contributed by atoms with Crippen molar-refractivity contribution in [1.29, 1.82) is 0 Å². The number of imidazole rings is 1. The van der Waals surface area contributed by atoms with E-state index in [4.69, 9.17) is 5.73 Å². The Morgan fingerprint density at radius 1 is 1.28 bits per heavy atom. The molecule has 3 amide bonds. The number of aromatic amines is 1. The van der Waals surface area contributed by atoms with Crippen LogP contribution in [0.2, 0.25) is 0 Å². The average Bonchev–Trinajstić information content (AvgIpc) is 2.81. The molecule has 94 valence electrons. The molecule has 0 saturated heterocycles. The van der Waals surface area contributed by atoms with E-state index in [1.54, 1.807) is 24.5 Å². The number of amides is 3. The molecule has 0 unspecified atom stereocenters. The molecule has 5 N–H and O–H groups in total. The fraction of sp³-hybridized carbons (Fsp3) is 0.182. The minimum absolute atomic E-state index is 0.210. The van der Waals surface area contributed by atoms with Crippen LogP contribution < -0.4 is 16.4 Å². The lowest BCUT2D eigenvalue weighted by atomic mass is 10.2. The van der Waals surface area contributed by atoms with E-state index >= 15 is 0 Å². The predicted octanol–water partition coefficient (Wildman–Crippen LogP) is -0.0390. The first-order chi connectivity index (χ1) is 8.66. The Morgan fingerprint density at radius 2 is 2.06 bits per heavy atom. The standard InChI is InChI=1S/C11H13N5O2/c12-11(18)14-4-3-13-10(17)7-1-2-8-9(5-7)16-6-15-8/h1-2,5-6H,3-4H2,(H,13,17)(H,15,16)(H3,12,14,18). The average molecular weight is 247 g/mol. The number of benzene rings is 1. The van der Waals surface area contributed by atoms with E-state index in [0.717, 1.165) is 11.0 Å². The van der Waals surface area contributed by atoms with Gasteiger partial charge in [-0.05, 0) is 18.2 Å². The SMILES string of the molecule is NC(=O)NCCNC(=O)c1ccc2nc[nH]c2c1. The number of hydrogen-bond donors (Lipinski definition) is 4. The second-order valence-electron chi connectivity index (χ2n) is 3.68. The molecule has 0 aliphatic rings. The molecule has 7 heteroatoms. The Hall–Kier alpha value is -2.57. The van der Waals surface area contributed by atoms with Crippen molar-refractivity contribution in [3.8, 4) is 0 Å². The molecule has 1 aromatic carbocycles. The molecule has 2 rings (SSSR count). The fourth-order valence-electron chi connectivity index (χ4n) is 1.54. The van der Waals surface area contributed by atoms with Crippen molar-refractivity contribution in [3.63, 3.8) is 0 Å². The number of hydrogen-bond acceptors (Lipinski definition) is 3. The zero-order valence-electron chi connectivity index (χ0n) is 9.56. The minimum atomic E-state index is -0.608. The van der Waals surface area contributed by atoms with Crippen LogP contribution in [0.15, 0.2) is 24.5 Å². The number of carbonyl (C=O) groups excluding carboxylic acids is 2. The first-order valence-electron chi connectivity index (χ1n) is 5.41. The summed E-state index contributed by atoms with van der Waals surface area (Å²) >= 11 is 0. The third-order valence-corrected chi connectivity index (χ3v) is 2.39. The smallest absolute Gasteiger partial charge is 0.312 e. The van der Waals surface area contributed by atoms with E-state index in [2.05, 4.69) is 20.6 Å². The second kappa shape index (κ2) is 5.17. The molecule has 0 fully saturated rings. The first kappa shape index (κ1) is 11.9. The number of nitrogens with one attached hydrogen (secondary N) is 3. The molecule has 1 heterocycles. The number of nitrogens with zero attached hydrogens (tertiary/aromatic N) is 1. The maximum Gasteiger partial charge on any atom is 0.312 e. The second-order valence-corrected chi connectivity index (χ2v) is 3.68. The number of rotatable bonds is 4. The topological polar surface area (TPSA) is 113 Å². The van der Waals surface area contributed by atoms with Crippen molar-refractivity contribution in [2.24, 2.45) is 5.73 Å². The highest BCUT2D eigenvalue weighted by atomic mass is 16.2. The lowest BCUT2D eigenvalue weighted by Gasteiger charge is -2.05. The largest absolute Gasteiger partial charge is 0.352 e. The van der Waals surface area contributed by atoms with E-state index in [1.807, 2.05) is 0 Å². The minimum Gasteiger partial charge on any atom is -0.352 e. The number of fused-ring (bicyclic) bond motifs is 1. The van der Waals surface area contributed by atoms with E-state index in [-0.39, 0.29) is 5.91 Å². The molecule has 0 aliphatic carbocycles. The Morgan fingerprint density at radius 3 is 2.83 bits per heavy atom. The fourth-order valence-corrected chi connectivity index (χ4v) is 1.54. The van der Waals surface area contributed by atoms with E-state index in [0.29, 0.717) is 18.7 Å². The van der Waals surface area contributed by atoms with Crippen LogP contribution in [0.25, 0.3) is 11.0 Å². The van der Waals surface area contributed by atoms with Crippen molar-refractivity contribution in [3.05, 3.63) is 30.1 Å². The summed E-state index contributed by atoms with van der Waals surface area (Å²) < 4.78 is 0. The molecular weight excluding hydrogens is 234 g/mol. The number of primary amides is 1. The summed E-state index contributed by atoms with van der Waals surface area (Å²) in [7, 11) is 0. The molecule has 0 saturated carbocycles. The van der Waals surface area contributed by atoms with Gasteiger partial charge in [-0.2, -0.15) is 0 Å². The van der Waals surface area contributed by atoms with Crippen LogP contribution in [-0.2, 0) is 0 Å². The van der Waals surface area contributed by atoms with E-state index in [9.17, 15) is 9.59 Å². The van der Waals surface area contributed by atoms with Gasteiger partial charge in [0.2, 0.25) is 0 Å². The summed E-state index contributed by atoms with van der Waals surface area (Å²) in [6, 6.07) is 4.57. The molecular formula is C11H13N5O2. The maximum absolute atomic E-state index is 11.8. The molecule has 0 radical (unpaired) electrons. The predicted molar refractivity (Wildman–Crippen MR) is 66.0 cm³/mol. The number of urea groups is 1. The number of carbonyl (C=O) groups is 2. The van der Waals surface area contributed by atoms with Crippen LogP contribution in [0.1, 0.15) is 10.4 Å². The summed E-state index contributed by atoms with van der Waals surface area (Å²) in [5.74, 6) is -0.210. The van der Waals surface area contributed by atoms with Gasteiger partial charge in [-0.25, -0.2) is 9.78 Å². The maximum atomic E-state index is 11.8. The van der Waals surface area contributed by atoms with Crippen LogP contribution in [0.5, 0.6) is 0 Å². The third-order valence-electron chi connectivity index (χ3n) is 2.39. The Labute approximate surface area is 103 Å². The van der Waals surface area contributed by atoms with Gasteiger partial charge in [0.05, 0.1) is 17.4 Å². The van der Waals surface area contributed by atoms with Gasteiger partial charge in [0.1, 0.15) is 0 Å². The van der Waals surface area contributed by atoms with Crippen LogP contribution in [0.3, 0.4) is 0 Å². The van der Waals surface area contributed by atoms with Crippen molar-refractivity contribution in [1.82, 2.24) is 20.6 Å². The first-order valence-corrected chi connectivity index (χ1v) is 5.41. The molecule has 18 heavy (non-hydrogen) atoms. The molecule has 1 aromatic heterocycles. The number of H-pyrrole nitrogens is 1. The summed E-state index contributed by atoms with van der Waals surface area (Å²) in [6.45, 7) is 0.621. The Balaban J connectivity index is 1.93. The lowest BCUT2D eigenvalue weighted by Crippen LogP contribution is -2.37. The molecule has 7 nitrogen and oxygen atoms in total. The number of nitrogens with two attached hydrogens (primary N) is 1. The summed E-state index contributed by atoms with van der Waals surface area (Å²) in [5.41, 5.74) is 7.04. The highest BCUT2D eigenvalue weighted by molar-refractivity contribution is 5.97. The molecule has 0 bridgehead atoms. The zero-order chi connectivity index (χ0) is 13.0. The third kappa shape index (κ3) is 2.76. The molecule has 0 atom stereocenters. The van der Waals surface area contributed by atoms with Gasteiger partial charge in [-0.1, -0.05) is 0 Å². The van der Waals surface area contributed by atoms with Gasteiger partial charge in [0.25, 0.3) is 5.91 Å². The monoisotopic (exact) mass is 247 g/mol. The van der Waals surface area contributed by atoms with Gasteiger partial charge in [0.15, 0.2) is 0 Å². The van der Waals surface area contributed by atoms with E-state index in [1.165, 1.54) is 0 Å².